The van der Waals surface area contributed by atoms with E-state index in [-0.39, 0.29) is 11.6 Å². The van der Waals surface area contributed by atoms with Crippen molar-refractivity contribution < 1.29 is 9.53 Å². The third-order valence-electron chi connectivity index (χ3n) is 3.31. The standard InChI is InChI=1S/C17H16N4O2/c1-23-12-13-7-5-6-10-15(13)18-17(22)16-11-21(20-19-16)14-8-3-2-4-9-14/h2-11H,12H2,1H3,(H,18,22). The van der Waals surface area contributed by atoms with Crippen LogP contribution < -0.4 is 5.32 Å². The van der Waals surface area contributed by atoms with E-state index in [9.17, 15) is 4.79 Å². The van der Waals surface area contributed by atoms with Gasteiger partial charge in [0.15, 0.2) is 5.69 Å². The number of para-hydroxylation sites is 2. The predicted octanol–water partition coefficient (Wildman–Crippen LogP) is 2.67. The molecular formula is C17H16N4O2. The second-order valence-corrected chi connectivity index (χ2v) is 4.93. The molecule has 3 rings (SSSR count). The lowest BCUT2D eigenvalue weighted by molar-refractivity contribution is 0.102. The van der Waals surface area contributed by atoms with E-state index in [4.69, 9.17) is 4.74 Å². The zero-order chi connectivity index (χ0) is 16.1. The highest BCUT2D eigenvalue weighted by Crippen LogP contribution is 2.17. The number of rotatable bonds is 5. The van der Waals surface area contributed by atoms with Crippen molar-refractivity contribution in [3.05, 3.63) is 72.1 Å². The fourth-order valence-electron chi connectivity index (χ4n) is 2.18. The van der Waals surface area contributed by atoms with E-state index < -0.39 is 0 Å². The molecule has 1 aromatic heterocycles. The van der Waals surface area contributed by atoms with E-state index in [1.807, 2.05) is 54.6 Å². The van der Waals surface area contributed by atoms with Crippen LogP contribution in [0.25, 0.3) is 5.69 Å². The van der Waals surface area contributed by atoms with Crippen molar-refractivity contribution >= 4 is 11.6 Å². The van der Waals surface area contributed by atoms with Crippen LogP contribution in [-0.4, -0.2) is 28.0 Å². The smallest absolute Gasteiger partial charge is 0.277 e. The molecule has 0 aliphatic heterocycles. The second kappa shape index (κ2) is 6.85. The number of methoxy groups -OCH3 is 1. The monoisotopic (exact) mass is 308 g/mol. The summed E-state index contributed by atoms with van der Waals surface area (Å²) in [6, 6.07) is 17.0. The number of aromatic nitrogens is 3. The van der Waals surface area contributed by atoms with Crippen molar-refractivity contribution in [3.8, 4) is 5.69 Å². The molecule has 0 aliphatic carbocycles. The number of amides is 1. The summed E-state index contributed by atoms with van der Waals surface area (Å²) in [6.45, 7) is 0.424. The first-order chi connectivity index (χ1) is 11.3. The van der Waals surface area contributed by atoms with Crippen LogP contribution in [0.15, 0.2) is 60.8 Å². The van der Waals surface area contributed by atoms with Crippen molar-refractivity contribution in [1.82, 2.24) is 15.0 Å². The zero-order valence-corrected chi connectivity index (χ0v) is 12.6. The van der Waals surface area contributed by atoms with Crippen molar-refractivity contribution in [1.29, 1.82) is 0 Å². The third-order valence-corrected chi connectivity index (χ3v) is 3.31. The number of hydrogen-bond donors (Lipinski definition) is 1. The van der Waals surface area contributed by atoms with Gasteiger partial charge in [0.1, 0.15) is 0 Å². The van der Waals surface area contributed by atoms with Crippen molar-refractivity contribution in [3.63, 3.8) is 0 Å². The van der Waals surface area contributed by atoms with Gasteiger partial charge in [-0.2, -0.15) is 0 Å². The molecule has 1 N–H and O–H groups in total. The maximum absolute atomic E-state index is 12.3. The van der Waals surface area contributed by atoms with Crippen LogP contribution in [0.2, 0.25) is 0 Å². The molecule has 23 heavy (non-hydrogen) atoms. The maximum Gasteiger partial charge on any atom is 0.277 e. The molecule has 2 aromatic carbocycles. The summed E-state index contributed by atoms with van der Waals surface area (Å²) in [7, 11) is 1.62. The Morgan fingerprint density at radius 1 is 1.13 bits per heavy atom. The first kappa shape index (κ1) is 14.9. The summed E-state index contributed by atoms with van der Waals surface area (Å²) in [5, 5.41) is 10.8. The average molecular weight is 308 g/mol. The zero-order valence-electron chi connectivity index (χ0n) is 12.6. The lowest BCUT2D eigenvalue weighted by Gasteiger charge is -2.09. The number of anilines is 1. The van der Waals surface area contributed by atoms with Gasteiger partial charge in [0.25, 0.3) is 5.91 Å². The minimum absolute atomic E-state index is 0.251. The lowest BCUT2D eigenvalue weighted by atomic mass is 10.2. The van der Waals surface area contributed by atoms with Crippen LogP contribution in [0.1, 0.15) is 16.1 Å². The Morgan fingerprint density at radius 2 is 1.87 bits per heavy atom. The van der Waals surface area contributed by atoms with E-state index >= 15 is 0 Å². The Balaban J connectivity index is 1.78. The highest BCUT2D eigenvalue weighted by Gasteiger charge is 2.13. The summed E-state index contributed by atoms with van der Waals surface area (Å²) in [6.07, 6.45) is 1.60. The quantitative estimate of drug-likeness (QED) is 0.787. The molecule has 0 saturated carbocycles. The number of carbonyl (C=O) groups excluding carboxylic acids is 1. The predicted molar refractivity (Wildman–Crippen MR) is 86.5 cm³/mol. The molecule has 0 saturated heterocycles. The minimum atomic E-state index is -0.310. The van der Waals surface area contributed by atoms with Crippen molar-refractivity contribution in [2.75, 3.05) is 12.4 Å². The molecule has 0 bridgehead atoms. The van der Waals surface area contributed by atoms with Crippen molar-refractivity contribution in [2.24, 2.45) is 0 Å². The topological polar surface area (TPSA) is 69.0 Å². The van der Waals surface area contributed by atoms with Gasteiger partial charge in [0.05, 0.1) is 18.5 Å². The number of hydrogen-bond acceptors (Lipinski definition) is 4. The van der Waals surface area contributed by atoms with Crippen LogP contribution in [0.5, 0.6) is 0 Å². The molecule has 6 heteroatoms. The third kappa shape index (κ3) is 3.44. The van der Waals surface area contributed by atoms with Gasteiger partial charge in [-0.25, -0.2) is 4.68 Å². The highest BCUT2D eigenvalue weighted by atomic mass is 16.5. The molecule has 0 radical (unpaired) electrons. The van der Waals surface area contributed by atoms with Crippen LogP contribution in [0, 0.1) is 0 Å². The van der Waals surface area contributed by atoms with Gasteiger partial charge in [-0.15, -0.1) is 5.10 Å². The summed E-state index contributed by atoms with van der Waals surface area (Å²) < 4.78 is 6.70. The van der Waals surface area contributed by atoms with Gasteiger partial charge >= 0.3 is 0 Å². The Bertz CT molecular complexity index is 799. The van der Waals surface area contributed by atoms with E-state index in [1.165, 1.54) is 0 Å². The number of nitrogens with one attached hydrogen (secondary N) is 1. The average Bonchev–Trinajstić information content (AvgIpc) is 3.08. The van der Waals surface area contributed by atoms with Gasteiger partial charge in [0, 0.05) is 18.4 Å². The Labute approximate surface area is 133 Å². The van der Waals surface area contributed by atoms with Crippen molar-refractivity contribution in [2.45, 2.75) is 6.61 Å². The number of ether oxygens (including phenoxy) is 1. The normalized spacial score (nSPS) is 10.5. The Morgan fingerprint density at radius 3 is 2.65 bits per heavy atom. The van der Waals surface area contributed by atoms with Gasteiger partial charge in [-0.05, 0) is 18.2 Å². The van der Waals surface area contributed by atoms with Crippen LogP contribution >= 0.6 is 0 Å². The summed E-state index contributed by atoms with van der Waals surface area (Å²) in [5.74, 6) is -0.310. The second-order valence-electron chi connectivity index (χ2n) is 4.93. The fourth-order valence-corrected chi connectivity index (χ4v) is 2.18. The summed E-state index contributed by atoms with van der Waals surface area (Å²) >= 11 is 0. The van der Waals surface area contributed by atoms with E-state index in [2.05, 4.69) is 15.6 Å². The number of benzene rings is 2. The molecule has 3 aromatic rings. The number of carbonyl (C=O) groups is 1. The molecular weight excluding hydrogens is 292 g/mol. The first-order valence-electron chi connectivity index (χ1n) is 7.14. The first-order valence-corrected chi connectivity index (χ1v) is 7.14. The molecule has 6 nitrogen and oxygen atoms in total. The molecule has 0 fully saturated rings. The lowest BCUT2D eigenvalue weighted by Crippen LogP contribution is -2.14. The maximum atomic E-state index is 12.3. The molecule has 1 amide bonds. The molecule has 0 atom stereocenters. The molecule has 0 spiro atoms. The Hall–Kier alpha value is -2.99. The van der Waals surface area contributed by atoms with Crippen LogP contribution in [0.3, 0.4) is 0 Å². The van der Waals surface area contributed by atoms with Gasteiger partial charge < -0.3 is 10.1 Å². The van der Waals surface area contributed by atoms with E-state index in [0.717, 1.165) is 11.3 Å². The van der Waals surface area contributed by atoms with Gasteiger partial charge in [-0.1, -0.05) is 41.6 Å². The van der Waals surface area contributed by atoms with Gasteiger partial charge in [-0.3, -0.25) is 4.79 Å². The highest BCUT2D eigenvalue weighted by molar-refractivity contribution is 6.03. The molecule has 116 valence electrons. The summed E-state index contributed by atoms with van der Waals surface area (Å²) in [5.41, 5.74) is 2.70. The molecule has 0 aliphatic rings. The van der Waals surface area contributed by atoms with E-state index in [0.29, 0.717) is 12.3 Å². The molecule has 1 heterocycles. The van der Waals surface area contributed by atoms with Crippen LogP contribution in [0.4, 0.5) is 5.69 Å². The fraction of sp³-hybridized carbons (Fsp3) is 0.118. The number of nitrogens with zero attached hydrogens (tertiary/aromatic N) is 3. The molecule has 0 unspecified atom stereocenters. The largest absolute Gasteiger partial charge is 0.380 e. The van der Waals surface area contributed by atoms with Gasteiger partial charge in [0.2, 0.25) is 0 Å². The summed E-state index contributed by atoms with van der Waals surface area (Å²) in [4.78, 5) is 12.3. The minimum Gasteiger partial charge on any atom is -0.380 e. The van der Waals surface area contributed by atoms with Crippen LogP contribution in [-0.2, 0) is 11.3 Å². The Kier molecular flexibility index (Phi) is 4.44. The van der Waals surface area contributed by atoms with E-state index in [1.54, 1.807) is 18.0 Å². The SMILES string of the molecule is COCc1ccccc1NC(=O)c1cn(-c2ccccc2)nn1.